The second-order valence-corrected chi connectivity index (χ2v) is 4.63. The summed E-state index contributed by atoms with van der Waals surface area (Å²) < 4.78 is 0. The number of likely N-dealkylation sites (tertiary alicyclic amines) is 1. The summed E-state index contributed by atoms with van der Waals surface area (Å²) in [5.74, 6) is 0. The van der Waals surface area contributed by atoms with E-state index >= 15 is 0 Å². The Balaban J connectivity index is 2.03. The number of rotatable bonds is 3. The third-order valence-electron chi connectivity index (χ3n) is 3.45. The lowest BCUT2D eigenvalue weighted by atomic mass is 10.0. The summed E-state index contributed by atoms with van der Waals surface area (Å²) in [6, 6.07) is 10.8. The van der Waals surface area contributed by atoms with Gasteiger partial charge < -0.3 is 5.32 Å². The maximum Gasteiger partial charge on any atom is 0.0995 e. The van der Waals surface area contributed by atoms with Crippen molar-refractivity contribution in [2.75, 3.05) is 20.1 Å². The Morgan fingerprint density at radius 1 is 1.47 bits per heavy atom. The molecule has 2 rings (SSSR count). The van der Waals surface area contributed by atoms with Gasteiger partial charge in [0, 0.05) is 19.1 Å². The first kappa shape index (κ1) is 12.1. The molecule has 1 aliphatic heterocycles. The van der Waals surface area contributed by atoms with Gasteiger partial charge in [0.15, 0.2) is 0 Å². The molecular formula is C14H19N3. The molecule has 0 saturated carbocycles. The van der Waals surface area contributed by atoms with E-state index < -0.39 is 0 Å². The van der Waals surface area contributed by atoms with Crippen molar-refractivity contribution < 1.29 is 0 Å². The molecule has 1 aliphatic rings. The first-order chi connectivity index (χ1) is 8.33. The standard InChI is InChI=1S/C14H19N3/c1-16-14-7-4-8-17(11-14)10-13-6-3-2-5-12(13)9-15/h2-3,5-6,14,16H,4,7-8,10-11H2,1H3. The minimum Gasteiger partial charge on any atom is -0.316 e. The normalized spacial score (nSPS) is 21.1. The summed E-state index contributed by atoms with van der Waals surface area (Å²) in [6.07, 6.45) is 2.49. The minimum atomic E-state index is 0.595. The molecule has 1 aromatic carbocycles. The molecule has 1 heterocycles. The molecule has 90 valence electrons. The third kappa shape index (κ3) is 3.06. The van der Waals surface area contributed by atoms with E-state index in [1.165, 1.54) is 12.8 Å². The molecular weight excluding hydrogens is 210 g/mol. The molecule has 0 radical (unpaired) electrons. The van der Waals surface area contributed by atoms with Gasteiger partial charge in [-0.3, -0.25) is 4.90 Å². The molecule has 3 nitrogen and oxygen atoms in total. The van der Waals surface area contributed by atoms with Gasteiger partial charge in [-0.25, -0.2) is 0 Å². The zero-order chi connectivity index (χ0) is 12.1. The lowest BCUT2D eigenvalue weighted by Crippen LogP contribution is -2.43. The molecule has 1 unspecified atom stereocenters. The van der Waals surface area contributed by atoms with Gasteiger partial charge in [0.1, 0.15) is 0 Å². The minimum absolute atomic E-state index is 0.595. The number of benzene rings is 1. The molecule has 1 saturated heterocycles. The molecule has 0 aliphatic carbocycles. The Bertz CT molecular complexity index is 408. The van der Waals surface area contributed by atoms with E-state index in [2.05, 4.69) is 22.4 Å². The van der Waals surface area contributed by atoms with E-state index in [1.54, 1.807) is 0 Å². The number of hydrogen-bond donors (Lipinski definition) is 1. The Morgan fingerprint density at radius 3 is 3.06 bits per heavy atom. The predicted molar refractivity (Wildman–Crippen MR) is 68.5 cm³/mol. The lowest BCUT2D eigenvalue weighted by molar-refractivity contribution is 0.188. The van der Waals surface area contributed by atoms with Crippen molar-refractivity contribution in [1.82, 2.24) is 10.2 Å². The first-order valence-electron chi connectivity index (χ1n) is 6.21. The van der Waals surface area contributed by atoms with Gasteiger partial charge in [-0.2, -0.15) is 5.26 Å². The molecule has 1 atom stereocenters. The Hall–Kier alpha value is -1.37. The average Bonchev–Trinajstić information content (AvgIpc) is 2.39. The third-order valence-corrected chi connectivity index (χ3v) is 3.45. The highest BCUT2D eigenvalue weighted by molar-refractivity contribution is 5.37. The van der Waals surface area contributed by atoms with Gasteiger partial charge in [0.05, 0.1) is 11.6 Å². The van der Waals surface area contributed by atoms with Gasteiger partial charge in [-0.15, -0.1) is 0 Å². The van der Waals surface area contributed by atoms with Crippen molar-refractivity contribution in [3.05, 3.63) is 35.4 Å². The summed E-state index contributed by atoms with van der Waals surface area (Å²) in [6.45, 7) is 3.11. The smallest absolute Gasteiger partial charge is 0.0995 e. The Kier molecular flexibility index (Phi) is 4.13. The van der Waals surface area contributed by atoms with Crippen LogP contribution in [0.3, 0.4) is 0 Å². The van der Waals surface area contributed by atoms with E-state index in [4.69, 9.17) is 5.26 Å². The topological polar surface area (TPSA) is 39.1 Å². The molecule has 1 fully saturated rings. The van der Waals surface area contributed by atoms with Crippen LogP contribution in [0, 0.1) is 11.3 Å². The van der Waals surface area contributed by atoms with Crippen molar-refractivity contribution in [3.63, 3.8) is 0 Å². The number of likely N-dealkylation sites (N-methyl/N-ethyl adjacent to an activating group) is 1. The van der Waals surface area contributed by atoms with Crippen molar-refractivity contribution in [2.24, 2.45) is 0 Å². The van der Waals surface area contributed by atoms with Crippen LogP contribution in [0.4, 0.5) is 0 Å². The Labute approximate surface area is 103 Å². The molecule has 1 N–H and O–H groups in total. The van der Waals surface area contributed by atoms with Crippen molar-refractivity contribution in [2.45, 2.75) is 25.4 Å². The van der Waals surface area contributed by atoms with Gasteiger partial charge in [0.25, 0.3) is 0 Å². The Morgan fingerprint density at radius 2 is 2.29 bits per heavy atom. The number of piperidine rings is 1. The average molecular weight is 229 g/mol. The van der Waals surface area contributed by atoms with Crippen LogP contribution in [-0.4, -0.2) is 31.1 Å². The highest BCUT2D eigenvalue weighted by atomic mass is 15.2. The maximum absolute atomic E-state index is 9.07. The van der Waals surface area contributed by atoms with Gasteiger partial charge in [-0.1, -0.05) is 18.2 Å². The van der Waals surface area contributed by atoms with E-state index in [-0.39, 0.29) is 0 Å². The quantitative estimate of drug-likeness (QED) is 0.858. The molecule has 17 heavy (non-hydrogen) atoms. The summed E-state index contributed by atoms with van der Waals surface area (Å²) >= 11 is 0. The maximum atomic E-state index is 9.07. The summed E-state index contributed by atoms with van der Waals surface area (Å²) in [5, 5.41) is 12.4. The SMILES string of the molecule is CNC1CCCN(Cc2ccccc2C#N)C1. The fourth-order valence-electron chi connectivity index (χ4n) is 2.44. The van der Waals surface area contributed by atoms with E-state index in [9.17, 15) is 0 Å². The van der Waals surface area contributed by atoms with Crippen molar-refractivity contribution >= 4 is 0 Å². The number of nitrogens with one attached hydrogen (secondary N) is 1. The monoisotopic (exact) mass is 229 g/mol. The van der Waals surface area contributed by atoms with Crippen LogP contribution in [0.5, 0.6) is 0 Å². The predicted octanol–water partition coefficient (Wildman–Crippen LogP) is 1.74. The van der Waals surface area contributed by atoms with Crippen molar-refractivity contribution in [3.8, 4) is 6.07 Å². The fraction of sp³-hybridized carbons (Fsp3) is 0.500. The second kappa shape index (κ2) is 5.81. The molecule has 0 spiro atoms. The number of nitriles is 1. The van der Waals surface area contributed by atoms with Gasteiger partial charge >= 0.3 is 0 Å². The largest absolute Gasteiger partial charge is 0.316 e. The number of hydrogen-bond acceptors (Lipinski definition) is 3. The van der Waals surface area contributed by atoms with Crippen LogP contribution in [0.15, 0.2) is 24.3 Å². The molecule has 0 amide bonds. The summed E-state index contributed by atoms with van der Waals surface area (Å²) in [4.78, 5) is 2.43. The fourth-order valence-corrected chi connectivity index (χ4v) is 2.44. The highest BCUT2D eigenvalue weighted by Crippen LogP contribution is 2.15. The lowest BCUT2D eigenvalue weighted by Gasteiger charge is -2.32. The molecule has 0 bridgehead atoms. The van der Waals surface area contributed by atoms with Crippen LogP contribution >= 0.6 is 0 Å². The van der Waals surface area contributed by atoms with E-state index in [0.717, 1.165) is 30.8 Å². The molecule has 0 aromatic heterocycles. The van der Waals surface area contributed by atoms with Crippen LogP contribution in [0.2, 0.25) is 0 Å². The van der Waals surface area contributed by atoms with Crippen LogP contribution in [0.25, 0.3) is 0 Å². The van der Waals surface area contributed by atoms with Crippen molar-refractivity contribution in [1.29, 1.82) is 5.26 Å². The van der Waals surface area contributed by atoms with Crippen LogP contribution in [0.1, 0.15) is 24.0 Å². The highest BCUT2D eigenvalue weighted by Gasteiger charge is 2.18. The zero-order valence-electron chi connectivity index (χ0n) is 10.3. The van der Waals surface area contributed by atoms with Crippen LogP contribution < -0.4 is 5.32 Å². The summed E-state index contributed by atoms with van der Waals surface area (Å²) in [5.41, 5.74) is 1.95. The summed E-state index contributed by atoms with van der Waals surface area (Å²) in [7, 11) is 2.03. The van der Waals surface area contributed by atoms with Gasteiger partial charge in [-0.05, 0) is 38.1 Å². The van der Waals surface area contributed by atoms with E-state index in [1.807, 2.05) is 25.2 Å². The molecule has 1 aromatic rings. The molecule has 3 heteroatoms. The van der Waals surface area contributed by atoms with Crippen LogP contribution in [-0.2, 0) is 6.54 Å². The number of nitrogens with zero attached hydrogens (tertiary/aromatic N) is 2. The van der Waals surface area contributed by atoms with Gasteiger partial charge in [0.2, 0.25) is 0 Å². The van der Waals surface area contributed by atoms with E-state index in [0.29, 0.717) is 6.04 Å². The second-order valence-electron chi connectivity index (χ2n) is 4.63. The first-order valence-corrected chi connectivity index (χ1v) is 6.21. The zero-order valence-corrected chi connectivity index (χ0v) is 10.3.